The van der Waals surface area contributed by atoms with Crippen molar-refractivity contribution in [1.29, 1.82) is 0 Å². The molecular weight excluding hydrogens is 445 g/mol. The van der Waals surface area contributed by atoms with Crippen LogP contribution in [-0.2, 0) is 16.6 Å². The van der Waals surface area contributed by atoms with Gasteiger partial charge < -0.3 is 9.64 Å². The smallest absolute Gasteiger partial charge is 0.406 e. The van der Waals surface area contributed by atoms with Gasteiger partial charge in [-0.3, -0.25) is 4.79 Å². The highest BCUT2D eigenvalue weighted by Gasteiger charge is 2.31. The van der Waals surface area contributed by atoms with Gasteiger partial charge in [-0.05, 0) is 48.7 Å². The largest absolute Gasteiger partial charge is 0.573 e. The minimum atomic E-state index is -4.77. The maximum atomic E-state index is 13.0. The third-order valence-electron chi connectivity index (χ3n) is 5.21. The van der Waals surface area contributed by atoms with E-state index >= 15 is 0 Å². The average Bonchev–Trinajstić information content (AvgIpc) is 3.04. The summed E-state index contributed by atoms with van der Waals surface area (Å²) in [6.07, 6.45) is -1.15. The highest BCUT2D eigenvalue weighted by atomic mass is 32.2. The van der Waals surface area contributed by atoms with Crippen LogP contribution in [0.4, 0.5) is 13.2 Å². The SMILES string of the molecule is CN(Cc1ccc(OC(F)(F)F)cc1)C(=O)c1cccc(S(=O)(=O)N2CCCCCC2)c1. The maximum absolute atomic E-state index is 13.0. The van der Waals surface area contributed by atoms with E-state index in [1.165, 1.54) is 51.7 Å². The van der Waals surface area contributed by atoms with Crippen molar-refractivity contribution in [2.75, 3.05) is 20.1 Å². The fourth-order valence-corrected chi connectivity index (χ4v) is 5.15. The van der Waals surface area contributed by atoms with Crippen molar-refractivity contribution in [3.05, 3.63) is 59.7 Å². The van der Waals surface area contributed by atoms with Crippen LogP contribution in [0.2, 0.25) is 0 Å². The number of alkyl halides is 3. The fourth-order valence-electron chi connectivity index (χ4n) is 3.58. The molecule has 10 heteroatoms. The Hall–Kier alpha value is -2.59. The van der Waals surface area contributed by atoms with E-state index in [2.05, 4.69) is 4.74 Å². The molecule has 1 aliphatic heterocycles. The van der Waals surface area contributed by atoms with Crippen molar-refractivity contribution in [2.45, 2.75) is 43.5 Å². The predicted molar refractivity (Wildman–Crippen MR) is 113 cm³/mol. The Labute approximate surface area is 185 Å². The average molecular weight is 471 g/mol. The molecule has 1 heterocycles. The monoisotopic (exact) mass is 470 g/mol. The van der Waals surface area contributed by atoms with Crippen LogP contribution in [0.1, 0.15) is 41.6 Å². The predicted octanol–water partition coefficient (Wildman–Crippen LogP) is 4.42. The molecule has 1 aliphatic rings. The van der Waals surface area contributed by atoms with Gasteiger partial charge in [-0.25, -0.2) is 8.42 Å². The third-order valence-corrected chi connectivity index (χ3v) is 7.10. The molecule has 0 aliphatic carbocycles. The molecule has 0 radical (unpaired) electrons. The lowest BCUT2D eigenvalue weighted by Crippen LogP contribution is -2.32. The van der Waals surface area contributed by atoms with Crippen molar-refractivity contribution in [3.63, 3.8) is 0 Å². The number of amides is 1. The summed E-state index contributed by atoms with van der Waals surface area (Å²) < 4.78 is 68.2. The summed E-state index contributed by atoms with van der Waals surface area (Å²) in [5.74, 6) is -0.741. The number of hydrogen-bond acceptors (Lipinski definition) is 4. The Morgan fingerprint density at radius 2 is 1.66 bits per heavy atom. The fraction of sp³-hybridized carbons (Fsp3) is 0.409. The minimum absolute atomic E-state index is 0.0762. The quantitative estimate of drug-likeness (QED) is 0.627. The number of hydrogen-bond donors (Lipinski definition) is 0. The molecule has 6 nitrogen and oxygen atoms in total. The minimum Gasteiger partial charge on any atom is -0.406 e. The Balaban J connectivity index is 1.71. The molecule has 0 aromatic heterocycles. The summed E-state index contributed by atoms with van der Waals surface area (Å²) in [6, 6.07) is 11.2. The Morgan fingerprint density at radius 3 is 2.25 bits per heavy atom. The molecule has 1 amide bonds. The molecule has 2 aromatic rings. The molecule has 0 spiro atoms. The van der Waals surface area contributed by atoms with Crippen molar-refractivity contribution < 1.29 is 31.1 Å². The number of nitrogens with zero attached hydrogens (tertiary/aromatic N) is 2. The molecule has 174 valence electrons. The Kier molecular flexibility index (Phi) is 7.45. The van der Waals surface area contributed by atoms with Gasteiger partial charge in [0.1, 0.15) is 5.75 Å². The molecule has 0 saturated carbocycles. The number of carbonyl (C=O) groups excluding carboxylic acids is 1. The van der Waals surface area contributed by atoms with E-state index in [1.54, 1.807) is 13.1 Å². The van der Waals surface area contributed by atoms with Gasteiger partial charge in [0, 0.05) is 32.2 Å². The van der Waals surface area contributed by atoms with Crippen LogP contribution >= 0.6 is 0 Å². The van der Waals surface area contributed by atoms with E-state index in [0.717, 1.165) is 25.7 Å². The normalized spacial score (nSPS) is 15.8. The molecule has 0 N–H and O–H groups in total. The number of benzene rings is 2. The van der Waals surface area contributed by atoms with Crippen molar-refractivity contribution >= 4 is 15.9 Å². The lowest BCUT2D eigenvalue weighted by molar-refractivity contribution is -0.274. The van der Waals surface area contributed by atoms with Crippen LogP contribution in [0.3, 0.4) is 0 Å². The first-order valence-corrected chi connectivity index (χ1v) is 11.7. The molecule has 0 atom stereocenters. The van der Waals surface area contributed by atoms with E-state index in [4.69, 9.17) is 0 Å². The number of carbonyl (C=O) groups is 1. The standard InChI is InChI=1S/C22H25F3N2O4S/c1-26(16-17-9-11-19(12-10-17)31-22(23,24)25)21(28)18-7-6-8-20(15-18)32(29,30)27-13-4-2-3-5-14-27/h6-12,15H,2-5,13-14,16H2,1H3. The molecule has 0 unspecified atom stereocenters. The van der Waals surface area contributed by atoms with Crippen LogP contribution < -0.4 is 4.74 Å². The van der Waals surface area contributed by atoms with E-state index < -0.39 is 22.3 Å². The van der Waals surface area contributed by atoms with Crippen LogP contribution in [-0.4, -0.2) is 50.0 Å². The number of rotatable bonds is 6. The van der Waals surface area contributed by atoms with Gasteiger partial charge in [-0.15, -0.1) is 13.2 Å². The van der Waals surface area contributed by atoms with Gasteiger partial charge in [0.2, 0.25) is 10.0 Å². The van der Waals surface area contributed by atoms with Crippen molar-refractivity contribution in [2.24, 2.45) is 0 Å². The summed E-state index contributed by atoms with van der Waals surface area (Å²) in [5, 5.41) is 0. The summed E-state index contributed by atoms with van der Waals surface area (Å²) in [6.45, 7) is 1.07. The highest BCUT2D eigenvalue weighted by molar-refractivity contribution is 7.89. The lowest BCUT2D eigenvalue weighted by atomic mass is 10.1. The van der Waals surface area contributed by atoms with Crippen molar-refractivity contribution in [3.8, 4) is 5.75 Å². The maximum Gasteiger partial charge on any atom is 0.573 e. The first kappa shape index (κ1) is 24.1. The number of sulfonamides is 1. The van der Waals surface area contributed by atoms with Crippen molar-refractivity contribution in [1.82, 2.24) is 9.21 Å². The first-order chi connectivity index (χ1) is 15.1. The lowest BCUT2D eigenvalue weighted by Gasteiger charge is -2.21. The van der Waals surface area contributed by atoms with Gasteiger partial charge >= 0.3 is 6.36 Å². The van der Waals surface area contributed by atoms with Crippen LogP contribution in [0.5, 0.6) is 5.75 Å². The molecule has 3 rings (SSSR count). The Bertz CT molecular complexity index is 1030. The molecule has 1 fully saturated rings. The molecule has 1 saturated heterocycles. The number of ether oxygens (including phenoxy) is 1. The summed E-state index contributed by atoms with van der Waals surface area (Å²) in [7, 11) is -2.15. The van der Waals surface area contributed by atoms with Gasteiger partial charge in [0.05, 0.1) is 4.90 Å². The second-order valence-corrected chi connectivity index (χ2v) is 9.64. The zero-order valence-corrected chi connectivity index (χ0v) is 18.5. The zero-order chi connectivity index (χ0) is 23.4. The Morgan fingerprint density at radius 1 is 1.03 bits per heavy atom. The third kappa shape index (κ3) is 6.23. The van der Waals surface area contributed by atoms with Crippen LogP contribution in [0, 0.1) is 0 Å². The van der Waals surface area contributed by atoms with Crippen LogP contribution in [0.25, 0.3) is 0 Å². The van der Waals surface area contributed by atoms with Crippen LogP contribution in [0.15, 0.2) is 53.4 Å². The summed E-state index contributed by atoms with van der Waals surface area (Å²) in [5.41, 5.74) is 0.823. The molecule has 2 aromatic carbocycles. The summed E-state index contributed by atoms with van der Waals surface area (Å²) in [4.78, 5) is 14.3. The first-order valence-electron chi connectivity index (χ1n) is 10.3. The molecule has 32 heavy (non-hydrogen) atoms. The van der Waals surface area contributed by atoms with Gasteiger partial charge in [0.25, 0.3) is 5.91 Å². The summed E-state index contributed by atoms with van der Waals surface area (Å²) >= 11 is 0. The van der Waals surface area contributed by atoms with Gasteiger partial charge in [-0.1, -0.05) is 31.0 Å². The zero-order valence-electron chi connectivity index (χ0n) is 17.6. The second-order valence-electron chi connectivity index (χ2n) is 7.70. The topological polar surface area (TPSA) is 66.9 Å². The number of halogens is 3. The van der Waals surface area contributed by atoms with E-state index in [0.29, 0.717) is 18.7 Å². The van der Waals surface area contributed by atoms with Gasteiger partial charge in [0.15, 0.2) is 0 Å². The van der Waals surface area contributed by atoms with E-state index in [1.807, 2.05) is 0 Å². The van der Waals surface area contributed by atoms with E-state index in [9.17, 15) is 26.4 Å². The molecule has 0 bridgehead atoms. The highest BCUT2D eigenvalue weighted by Crippen LogP contribution is 2.24. The van der Waals surface area contributed by atoms with Gasteiger partial charge in [-0.2, -0.15) is 4.31 Å². The second kappa shape index (κ2) is 9.91. The molecular formula is C22H25F3N2O4S. The van der Waals surface area contributed by atoms with E-state index in [-0.39, 0.29) is 22.8 Å².